The predicted molar refractivity (Wildman–Crippen MR) is 121 cm³/mol. The van der Waals surface area contributed by atoms with Crippen molar-refractivity contribution in [2.24, 2.45) is 17.8 Å². The Labute approximate surface area is 167 Å². The van der Waals surface area contributed by atoms with E-state index in [0.29, 0.717) is 16.7 Å². The summed E-state index contributed by atoms with van der Waals surface area (Å²) in [6.45, 7) is 14.7. The molecular weight excluding hydrogens is 384 g/mol. The fourth-order valence-corrected chi connectivity index (χ4v) is 13.9. The van der Waals surface area contributed by atoms with Crippen LogP contribution in [-0.4, -0.2) is 30.3 Å². The van der Waals surface area contributed by atoms with Crippen molar-refractivity contribution in [1.29, 1.82) is 0 Å². The van der Waals surface area contributed by atoms with Crippen LogP contribution in [0.1, 0.15) is 12.8 Å². The second kappa shape index (κ2) is 7.16. The topological polar surface area (TPSA) is 34.1 Å². The molecule has 0 aromatic heterocycles. The van der Waals surface area contributed by atoms with Crippen molar-refractivity contribution in [1.82, 2.24) is 0 Å². The standard InChI is InChI=1S/C22H34O2SSi2/c1-26(2,3)21-17-11-10-12-18(20(15-17)22(21)27(4,5)6)16-25(23,24)19-13-8-7-9-14-19/h7-11,13-14,17-18,20H,12,15-16H2,1-6H3/t17-,18+,20-/m0/s1. The number of fused-ring (bicyclic) bond motifs is 2. The molecule has 2 bridgehead atoms. The molecule has 0 fully saturated rings. The molecule has 27 heavy (non-hydrogen) atoms. The minimum atomic E-state index is -3.25. The van der Waals surface area contributed by atoms with Gasteiger partial charge < -0.3 is 0 Å². The molecule has 2 nitrogen and oxygen atoms in total. The maximum atomic E-state index is 13.1. The summed E-state index contributed by atoms with van der Waals surface area (Å²) in [6, 6.07) is 9.00. The number of rotatable bonds is 5. The Bertz CT molecular complexity index is 856. The largest absolute Gasteiger partial charge is 0.224 e. The molecule has 3 atom stereocenters. The smallest absolute Gasteiger partial charge is 0.178 e. The van der Waals surface area contributed by atoms with Gasteiger partial charge in [0.25, 0.3) is 0 Å². The van der Waals surface area contributed by atoms with E-state index in [1.165, 1.54) is 0 Å². The van der Waals surface area contributed by atoms with Crippen LogP contribution in [0.15, 0.2) is 57.8 Å². The third-order valence-electron chi connectivity index (χ3n) is 6.07. The van der Waals surface area contributed by atoms with Crippen LogP contribution in [0.5, 0.6) is 0 Å². The number of hydrogen-bond acceptors (Lipinski definition) is 2. The zero-order chi connectivity index (χ0) is 20.0. The number of benzene rings is 1. The third kappa shape index (κ3) is 4.25. The fraction of sp³-hybridized carbons (Fsp3) is 0.545. The van der Waals surface area contributed by atoms with E-state index in [-0.39, 0.29) is 11.7 Å². The van der Waals surface area contributed by atoms with Gasteiger partial charge in [-0.2, -0.15) is 0 Å². The van der Waals surface area contributed by atoms with Crippen LogP contribution >= 0.6 is 0 Å². The van der Waals surface area contributed by atoms with Crippen molar-refractivity contribution in [3.05, 3.63) is 52.9 Å². The Morgan fingerprint density at radius 2 is 1.52 bits per heavy atom. The first-order valence-electron chi connectivity index (χ1n) is 10.1. The fourth-order valence-electron chi connectivity index (χ4n) is 5.20. The number of sulfone groups is 1. The molecule has 1 aromatic rings. The molecule has 5 heteroatoms. The molecule has 1 aromatic carbocycles. The van der Waals surface area contributed by atoms with E-state index in [1.807, 2.05) is 18.2 Å². The van der Waals surface area contributed by atoms with Gasteiger partial charge in [0.05, 0.1) is 26.8 Å². The van der Waals surface area contributed by atoms with E-state index >= 15 is 0 Å². The van der Waals surface area contributed by atoms with Crippen molar-refractivity contribution in [2.75, 3.05) is 5.75 Å². The van der Waals surface area contributed by atoms with E-state index in [9.17, 15) is 8.42 Å². The van der Waals surface area contributed by atoms with Crippen LogP contribution in [0.25, 0.3) is 0 Å². The summed E-state index contributed by atoms with van der Waals surface area (Å²) in [7, 11) is -6.21. The van der Waals surface area contributed by atoms with Gasteiger partial charge in [0.15, 0.2) is 9.84 Å². The normalized spacial score (nSPS) is 26.4. The average Bonchev–Trinajstić information content (AvgIpc) is 2.84. The Kier molecular flexibility index (Phi) is 5.52. The average molecular weight is 419 g/mol. The first-order valence-corrected chi connectivity index (χ1v) is 18.8. The van der Waals surface area contributed by atoms with Crippen LogP contribution in [-0.2, 0) is 9.84 Å². The van der Waals surface area contributed by atoms with Gasteiger partial charge in [-0.1, -0.05) is 80.0 Å². The lowest BCUT2D eigenvalue weighted by Gasteiger charge is -2.35. The summed E-state index contributed by atoms with van der Waals surface area (Å²) in [5.41, 5.74) is 0. The zero-order valence-electron chi connectivity index (χ0n) is 17.6. The highest BCUT2D eigenvalue weighted by atomic mass is 32.2. The minimum absolute atomic E-state index is 0.201. The van der Waals surface area contributed by atoms with Gasteiger partial charge in [-0.05, 0) is 42.7 Å². The second-order valence-corrected chi connectivity index (χ2v) is 22.4. The molecule has 0 radical (unpaired) electrons. The van der Waals surface area contributed by atoms with Gasteiger partial charge in [0, 0.05) is 0 Å². The van der Waals surface area contributed by atoms with Gasteiger partial charge in [-0.15, -0.1) is 0 Å². The lowest BCUT2D eigenvalue weighted by atomic mass is 9.91. The zero-order valence-corrected chi connectivity index (χ0v) is 20.4. The van der Waals surface area contributed by atoms with Gasteiger partial charge >= 0.3 is 0 Å². The molecule has 0 saturated carbocycles. The van der Waals surface area contributed by atoms with Crippen molar-refractivity contribution in [2.45, 2.75) is 57.0 Å². The molecule has 0 heterocycles. The Hall–Kier alpha value is -0.916. The Morgan fingerprint density at radius 3 is 2.07 bits per heavy atom. The molecule has 2 aliphatic carbocycles. The van der Waals surface area contributed by atoms with Crippen LogP contribution in [0.4, 0.5) is 0 Å². The van der Waals surface area contributed by atoms with Crippen LogP contribution in [0, 0.1) is 17.8 Å². The first-order chi connectivity index (χ1) is 12.4. The SMILES string of the molecule is C[Si](C)(C)C1=C([Si](C)(C)C)[C@H]2C=CC[C@H](CS(=O)(=O)c3ccccc3)[C@@H]1C2. The summed E-state index contributed by atoms with van der Waals surface area (Å²) in [6.07, 6.45) is 6.70. The summed E-state index contributed by atoms with van der Waals surface area (Å²) in [4.78, 5) is 0.469. The summed E-state index contributed by atoms with van der Waals surface area (Å²) < 4.78 is 26.2. The van der Waals surface area contributed by atoms with Crippen molar-refractivity contribution >= 4 is 26.0 Å². The summed E-state index contributed by atoms with van der Waals surface area (Å²) in [5, 5.41) is 3.45. The minimum Gasteiger partial charge on any atom is -0.224 e. The molecule has 0 saturated heterocycles. The first kappa shape index (κ1) is 20.8. The highest BCUT2D eigenvalue weighted by Gasteiger charge is 2.46. The molecule has 0 aliphatic heterocycles. The van der Waals surface area contributed by atoms with Crippen molar-refractivity contribution in [3.8, 4) is 0 Å². The molecule has 0 amide bonds. The third-order valence-corrected chi connectivity index (χ3v) is 12.7. The highest BCUT2D eigenvalue weighted by molar-refractivity contribution is 7.91. The summed E-state index contributed by atoms with van der Waals surface area (Å²) >= 11 is 0. The Balaban J connectivity index is 2.03. The monoisotopic (exact) mass is 418 g/mol. The van der Waals surface area contributed by atoms with Crippen molar-refractivity contribution < 1.29 is 8.42 Å². The van der Waals surface area contributed by atoms with E-state index in [2.05, 4.69) is 51.4 Å². The van der Waals surface area contributed by atoms with E-state index < -0.39 is 26.0 Å². The molecule has 2 aliphatic rings. The maximum Gasteiger partial charge on any atom is 0.178 e. The Morgan fingerprint density at radius 1 is 0.926 bits per heavy atom. The van der Waals surface area contributed by atoms with Crippen LogP contribution < -0.4 is 0 Å². The molecular formula is C22H34O2SSi2. The molecule has 3 rings (SSSR count). The van der Waals surface area contributed by atoms with Gasteiger partial charge in [0.1, 0.15) is 0 Å². The van der Waals surface area contributed by atoms with Gasteiger partial charge in [-0.3, -0.25) is 0 Å². The van der Waals surface area contributed by atoms with E-state index in [0.717, 1.165) is 12.8 Å². The van der Waals surface area contributed by atoms with Crippen LogP contribution in [0.3, 0.4) is 0 Å². The molecule has 148 valence electrons. The number of allylic oxidation sites excluding steroid dienone is 4. The maximum absolute atomic E-state index is 13.1. The van der Waals surface area contributed by atoms with E-state index in [1.54, 1.807) is 22.5 Å². The van der Waals surface area contributed by atoms with Gasteiger partial charge in [-0.25, -0.2) is 8.42 Å². The lowest BCUT2D eigenvalue weighted by Crippen LogP contribution is -2.37. The van der Waals surface area contributed by atoms with E-state index in [4.69, 9.17) is 0 Å². The molecule has 0 N–H and O–H groups in total. The quantitative estimate of drug-likeness (QED) is 0.452. The van der Waals surface area contributed by atoms with Gasteiger partial charge in [0.2, 0.25) is 0 Å². The summed E-state index contributed by atoms with van der Waals surface area (Å²) in [5.74, 6) is 1.46. The lowest BCUT2D eigenvalue weighted by molar-refractivity contribution is 0.411. The predicted octanol–water partition coefficient (Wildman–Crippen LogP) is 5.72. The highest BCUT2D eigenvalue weighted by Crippen LogP contribution is 2.51. The second-order valence-electron chi connectivity index (χ2n) is 10.3. The van der Waals surface area contributed by atoms with Crippen LogP contribution in [0.2, 0.25) is 39.3 Å². The molecule has 0 unspecified atom stereocenters. The number of hydrogen-bond donors (Lipinski definition) is 0. The van der Waals surface area contributed by atoms with Crippen molar-refractivity contribution in [3.63, 3.8) is 0 Å². The molecule has 0 spiro atoms.